The fourth-order valence-corrected chi connectivity index (χ4v) is 10.6. The van der Waals surface area contributed by atoms with Gasteiger partial charge in [0.15, 0.2) is 0 Å². The highest BCUT2D eigenvalue weighted by atomic mass is 16.6. The lowest BCUT2D eigenvalue weighted by Gasteiger charge is -2.27. The summed E-state index contributed by atoms with van der Waals surface area (Å²) in [5, 5.41) is 19.2. The minimum Gasteiger partial charge on any atom is -0.465 e. The molecule has 0 amide bonds. The molecule has 6 nitrogen and oxygen atoms in total. The SMILES string of the molecule is CCCCCCCC/C=C/CCCCCCCCCCCCCCCCCCCCCCCCCCCCCCCCCCCCCCCCCCCCCC1CC(=O)OCC(CO)(CO)COC1=O. The van der Waals surface area contributed by atoms with Gasteiger partial charge in [0.2, 0.25) is 0 Å². The molecule has 1 atom stereocenters. The van der Waals surface area contributed by atoms with Crippen molar-refractivity contribution in [2.24, 2.45) is 11.3 Å². The molecule has 1 heterocycles. The van der Waals surface area contributed by atoms with Gasteiger partial charge >= 0.3 is 11.9 Å². The van der Waals surface area contributed by atoms with Crippen LogP contribution < -0.4 is 0 Å². The van der Waals surface area contributed by atoms with Crippen LogP contribution in [0.15, 0.2) is 12.2 Å². The van der Waals surface area contributed by atoms with E-state index in [0.717, 1.165) is 19.3 Å². The van der Waals surface area contributed by atoms with Gasteiger partial charge in [0.1, 0.15) is 13.2 Å². The van der Waals surface area contributed by atoms with Gasteiger partial charge in [-0.25, -0.2) is 0 Å². The minimum absolute atomic E-state index is 0.00515. The summed E-state index contributed by atoms with van der Waals surface area (Å²) >= 11 is 0. The van der Waals surface area contributed by atoms with Crippen LogP contribution in [0.3, 0.4) is 0 Å². The second-order valence-electron chi connectivity index (χ2n) is 22.8. The molecule has 1 aliphatic rings. The van der Waals surface area contributed by atoms with Crippen LogP contribution >= 0.6 is 0 Å². The predicted octanol–water partition coefficient (Wildman–Crippen LogP) is 19.9. The molecule has 1 saturated heterocycles. The normalized spacial score (nSPS) is 15.3. The van der Waals surface area contributed by atoms with E-state index in [4.69, 9.17) is 9.47 Å². The number of cyclic esters (lactones) is 2. The Morgan fingerprint density at radius 2 is 0.614 bits per heavy atom. The van der Waals surface area contributed by atoms with Gasteiger partial charge in [-0.1, -0.05) is 321 Å². The maximum atomic E-state index is 12.5. The number of rotatable bonds is 55. The van der Waals surface area contributed by atoms with Crippen molar-refractivity contribution in [1.29, 1.82) is 0 Å². The first kappa shape index (κ1) is 66.6. The maximum Gasteiger partial charge on any atom is 0.309 e. The molecule has 0 bridgehead atoms. The van der Waals surface area contributed by atoms with E-state index >= 15 is 0 Å². The molecule has 0 spiro atoms. The third kappa shape index (κ3) is 45.2. The summed E-state index contributed by atoms with van der Waals surface area (Å²) in [6.07, 6.45) is 77.2. The lowest BCUT2D eigenvalue weighted by Crippen LogP contribution is -2.40. The summed E-state index contributed by atoms with van der Waals surface area (Å²) in [6, 6.07) is 0. The Balaban J connectivity index is 1.67. The monoisotopic (exact) mass is 987 g/mol. The lowest BCUT2D eigenvalue weighted by atomic mass is 9.92. The van der Waals surface area contributed by atoms with Crippen molar-refractivity contribution >= 4 is 11.9 Å². The first-order valence-corrected chi connectivity index (χ1v) is 31.8. The number of hydrogen-bond acceptors (Lipinski definition) is 6. The van der Waals surface area contributed by atoms with Gasteiger partial charge in [0.05, 0.1) is 31.0 Å². The summed E-state index contributed by atoms with van der Waals surface area (Å²) in [7, 11) is 0. The van der Waals surface area contributed by atoms with E-state index in [-0.39, 0.29) is 19.6 Å². The molecule has 1 aliphatic heterocycles. The number of hydrogen-bond donors (Lipinski definition) is 2. The molecule has 6 heteroatoms. The molecule has 0 aromatic rings. The van der Waals surface area contributed by atoms with Gasteiger partial charge in [0, 0.05) is 0 Å². The molecule has 70 heavy (non-hydrogen) atoms. The predicted molar refractivity (Wildman–Crippen MR) is 302 cm³/mol. The Kier molecular flexibility index (Phi) is 51.3. The van der Waals surface area contributed by atoms with Crippen LogP contribution in [0.4, 0.5) is 0 Å². The van der Waals surface area contributed by atoms with Crippen LogP contribution in [0.25, 0.3) is 0 Å². The van der Waals surface area contributed by atoms with E-state index in [1.54, 1.807) is 0 Å². The molecule has 0 radical (unpaired) electrons. The van der Waals surface area contributed by atoms with E-state index in [9.17, 15) is 19.8 Å². The first-order chi connectivity index (χ1) is 34.6. The summed E-state index contributed by atoms with van der Waals surface area (Å²) in [4.78, 5) is 24.7. The standard InChI is InChI=1S/C64H122O6/c1-2-3-4-5-6-7-8-9-10-11-12-13-14-15-16-17-18-19-20-21-22-23-24-25-26-27-28-29-30-31-32-33-34-35-36-37-38-39-40-41-42-43-44-45-46-47-48-49-50-51-52-53-54-55-61-56-62(67)69-59-64(57-65,58-66)60-70-63(61)68/h9-10,61,65-66H,2-8,11-60H2,1H3/b10-9+. The summed E-state index contributed by atoms with van der Waals surface area (Å²) < 4.78 is 10.6. The number of allylic oxidation sites excluding steroid dienone is 2. The minimum atomic E-state index is -1.12. The Morgan fingerprint density at radius 3 is 0.886 bits per heavy atom. The zero-order chi connectivity index (χ0) is 50.4. The van der Waals surface area contributed by atoms with Gasteiger partial charge in [-0.2, -0.15) is 0 Å². The van der Waals surface area contributed by atoms with Crippen molar-refractivity contribution in [3.05, 3.63) is 12.2 Å². The van der Waals surface area contributed by atoms with Gasteiger partial charge in [-0.05, 0) is 32.1 Å². The van der Waals surface area contributed by atoms with Gasteiger partial charge in [-0.15, -0.1) is 0 Å². The Hall–Kier alpha value is -1.40. The van der Waals surface area contributed by atoms with Gasteiger partial charge in [0.25, 0.3) is 0 Å². The van der Waals surface area contributed by atoms with E-state index in [1.807, 2.05) is 0 Å². The molecule has 1 rings (SSSR count). The van der Waals surface area contributed by atoms with E-state index in [0.29, 0.717) is 6.42 Å². The first-order valence-electron chi connectivity index (χ1n) is 31.8. The number of aliphatic hydroxyl groups is 2. The molecule has 0 aliphatic carbocycles. The molecule has 2 N–H and O–H groups in total. The molecule has 0 aromatic heterocycles. The van der Waals surface area contributed by atoms with Crippen molar-refractivity contribution < 1.29 is 29.3 Å². The number of ether oxygens (including phenoxy) is 2. The molecule has 1 unspecified atom stereocenters. The van der Waals surface area contributed by atoms with Crippen LogP contribution in [0, 0.1) is 11.3 Å². The highest BCUT2D eigenvalue weighted by Crippen LogP contribution is 2.25. The van der Waals surface area contributed by atoms with Crippen LogP contribution in [0.5, 0.6) is 0 Å². The number of carbonyl (C=O) groups is 2. The van der Waals surface area contributed by atoms with Crippen LogP contribution in [0.2, 0.25) is 0 Å². The van der Waals surface area contributed by atoms with Crippen LogP contribution in [-0.4, -0.2) is 48.6 Å². The van der Waals surface area contributed by atoms with Crippen LogP contribution in [0.1, 0.15) is 347 Å². The third-order valence-electron chi connectivity index (χ3n) is 15.8. The van der Waals surface area contributed by atoms with Crippen molar-refractivity contribution in [2.45, 2.75) is 347 Å². The maximum absolute atomic E-state index is 12.5. The summed E-state index contributed by atoms with van der Waals surface area (Å²) in [5.74, 6) is -1.40. The summed E-state index contributed by atoms with van der Waals surface area (Å²) in [5.41, 5.74) is -1.12. The number of aliphatic hydroxyl groups excluding tert-OH is 2. The second kappa shape index (κ2) is 53.9. The zero-order valence-electron chi connectivity index (χ0n) is 47.1. The number of esters is 2. The molecule has 1 fully saturated rings. The fourth-order valence-electron chi connectivity index (χ4n) is 10.6. The molecular formula is C64H122O6. The smallest absolute Gasteiger partial charge is 0.309 e. The molecule has 0 aromatic carbocycles. The Labute approximate surface area is 436 Å². The summed E-state index contributed by atoms with van der Waals surface area (Å²) in [6.45, 7) is 1.20. The van der Waals surface area contributed by atoms with Crippen molar-refractivity contribution in [3.8, 4) is 0 Å². The topological polar surface area (TPSA) is 93.1 Å². The van der Waals surface area contributed by atoms with Gasteiger partial charge in [-0.3, -0.25) is 9.59 Å². The number of unbranched alkanes of at least 4 members (excludes halogenated alkanes) is 49. The van der Waals surface area contributed by atoms with E-state index < -0.39 is 36.5 Å². The average molecular weight is 988 g/mol. The fraction of sp³-hybridized carbons (Fsp3) is 0.938. The molecular weight excluding hydrogens is 865 g/mol. The Bertz CT molecular complexity index is 1100. The lowest BCUT2D eigenvalue weighted by molar-refractivity contribution is -0.155. The van der Waals surface area contributed by atoms with E-state index in [1.165, 1.54) is 308 Å². The quantitative estimate of drug-likeness (QED) is 0.0358. The highest BCUT2D eigenvalue weighted by Gasteiger charge is 2.36. The third-order valence-corrected chi connectivity index (χ3v) is 15.8. The van der Waals surface area contributed by atoms with Crippen molar-refractivity contribution in [1.82, 2.24) is 0 Å². The molecule has 414 valence electrons. The van der Waals surface area contributed by atoms with Crippen molar-refractivity contribution in [3.63, 3.8) is 0 Å². The second-order valence-corrected chi connectivity index (χ2v) is 22.8. The zero-order valence-corrected chi connectivity index (χ0v) is 47.1. The Morgan fingerprint density at radius 1 is 0.371 bits per heavy atom. The largest absolute Gasteiger partial charge is 0.465 e. The van der Waals surface area contributed by atoms with Crippen LogP contribution in [-0.2, 0) is 19.1 Å². The average Bonchev–Trinajstić information content (AvgIpc) is 3.43. The molecule has 0 saturated carbocycles. The highest BCUT2D eigenvalue weighted by molar-refractivity contribution is 5.80. The van der Waals surface area contributed by atoms with Crippen molar-refractivity contribution in [2.75, 3.05) is 26.4 Å². The number of carbonyl (C=O) groups excluding carboxylic acids is 2. The van der Waals surface area contributed by atoms with Gasteiger partial charge < -0.3 is 19.7 Å². The van der Waals surface area contributed by atoms with E-state index in [2.05, 4.69) is 19.1 Å².